The average molecular weight is 873 g/mol. The highest BCUT2D eigenvalue weighted by atomic mass is 16.5. The number of hydrogen-bond donors (Lipinski definition) is 0. The molecule has 0 saturated heterocycles. The van der Waals surface area contributed by atoms with Crippen LogP contribution in [0.25, 0.3) is 22.3 Å². The first-order chi connectivity index (χ1) is 32.4. The molecule has 8 aromatic carbocycles. The van der Waals surface area contributed by atoms with E-state index in [2.05, 4.69) is 196 Å². The summed E-state index contributed by atoms with van der Waals surface area (Å²) in [5, 5.41) is 0. The predicted octanol–water partition coefficient (Wildman–Crippen LogP) is 12.8. The molecule has 0 spiro atoms. The molecule has 66 heavy (non-hydrogen) atoms. The highest BCUT2D eigenvalue weighted by molar-refractivity contribution is 5.87. The summed E-state index contributed by atoms with van der Waals surface area (Å²) in [4.78, 5) is 0. The molecule has 6 nitrogen and oxygen atoms in total. The van der Waals surface area contributed by atoms with E-state index in [0.717, 1.165) is 34.1 Å². The maximum Gasteiger partial charge on any atom is 0.121 e. The molecule has 332 valence electrons. The fraction of sp³-hybridized carbons (Fsp3) is 0.200. The zero-order valence-corrected chi connectivity index (χ0v) is 38.6. The first kappa shape index (κ1) is 44.1. The molecule has 0 bridgehead atoms. The number of rotatable bonds is 14. The van der Waals surface area contributed by atoms with Crippen molar-refractivity contribution in [2.24, 2.45) is 0 Å². The molecule has 0 radical (unpaired) electrons. The van der Waals surface area contributed by atoms with Crippen molar-refractivity contribution < 1.29 is 28.4 Å². The zero-order chi connectivity index (χ0) is 45.7. The number of methoxy groups -OCH3 is 4. The molecule has 0 fully saturated rings. The second kappa shape index (κ2) is 19.2. The van der Waals surface area contributed by atoms with Crippen LogP contribution in [-0.2, 0) is 20.3 Å². The van der Waals surface area contributed by atoms with Gasteiger partial charge in [-0.1, -0.05) is 146 Å². The Labute approximate surface area is 389 Å². The Kier molecular flexibility index (Phi) is 12.8. The van der Waals surface area contributed by atoms with Crippen molar-refractivity contribution in [1.82, 2.24) is 0 Å². The van der Waals surface area contributed by atoms with Crippen LogP contribution in [0.15, 0.2) is 182 Å². The molecule has 8 aromatic rings. The van der Waals surface area contributed by atoms with Gasteiger partial charge in [0.1, 0.15) is 36.2 Å². The molecule has 0 saturated carbocycles. The van der Waals surface area contributed by atoms with Gasteiger partial charge < -0.3 is 28.4 Å². The lowest BCUT2D eigenvalue weighted by Gasteiger charge is -2.34. The molecule has 6 heteroatoms. The Morgan fingerprint density at radius 1 is 0.333 bits per heavy atom. The Balaban J connectivity index is 0.000000167. The van der Waals surface area contributed by atoms with Gasteiger partial charge in [0, 0.05) is 14.2 Å². The second-order valence-electron chi connectivity index (χ2n) is 16.8. The molecule has 10 rings (SSSR count). The third-order valence-electron chi connectivity index (χ3n) is 13.2. The number of hydrogen-bond acceptors (Lipinski definition) is 6. The fourth-order valence-electron chi connectivity index (χ4n) is 10.4. The lowest BCUT2D eigenvalue weighted by Crippen LogP contribution is -2.28. The van der Waals surface area contributed by atoms with E-state index in [0.29, 0.717) is 26.4 Å². The summed E-state index contributed by atoms with van der Waals surface area (Å²) in [6.07, 6.45) is 0. The standard InChI is InChI=1S/C31H30O4.C29H26O2/c1-32-19-21-34-25-15-11-23(12-16-25)31(24-13-17-26(18-14-24)35-22-20-33-2)29-9-5-3-7-27(29)28-8-4-6-10-30(28)31;1-19-17-21(13-15-27(19)30-3)29(22-14-16-28(31-4)20(2)18-22)25-11-7-5-9-23(25)24-10-6-8-12-26(24)29/h3-18H,19-22H2,1-2H3;5-18H,1-4H3. The van der Waals surface area contributed by atoms with Crippen molar-refractivity contribution >= 4 is 0 Å². The maximum atomic E-state index is 5.85. The van der Waals surface area contributed by atoms with E-state index in [1.165, 1.54) is 66.8 Å². The lowest BCUT2D eigenvalue weighted by atomic mass is 9.67. The normalized spacial score (nSPS) is 13.3. The summed E-state index contributed by atoms with van der Waals surface area (Å²) < 4.78 is 33.1. The molecule has 0 heterocycles. The summed E-state index contributed by atoms with van der Waals surface area (Å²) >= 11 is 0. The van der Waals surface area contributed by atoms with Crippen LogP contribution < -0.4 is 18.9 Å². The zero-order valence-electron chi connectivity index (χ0n) is 38.6. The highest BCUT2D eigenvalue weighted by Crippen LogP contribution is 2.58. The molecule has 0 atom stereocenters. The summed E-state index contributed by atoms with van der Waals surface area (Å²) in [5.74, 6) is 3.48. The van der Waals surface area contributed by atoms with Gasteiger partial charge in [-0.3, -0.25) is 0 Å². The molecule has 0 amide bonds. The van der Waals surface area contributed by atoms with Crippen molar-refractivity contribution in [2.45, 2.75) is 24.7 Å². The fourth-order valence-corrected chi connectivity index (χ4v) is 10.4. The number of aryl methyl sites for hydroxylation is 2. The maximum absolute atomic E-state index is 5.85. The minimum atomic E-state index is -0.441. The first-order valence-electron chi connectivity index (χ1n) is 22.5. The molecule has 2 aliphatic carbocycles. The van der Waals surface area contributed by atoms with Crippen LogP contribution >= 0.6 is 0 Å². The third-order valence-corrected chi connectivity index (χ3v) is 13.2. The van der Waals surface area contributed by atoms with E-state index >= 15 is 0 Å². The molecular weight excluding hydrogens is 817 g/mol. The van der Waals surface area contributed by atoms with Gasteiger partial charge in [0.05, 0.1) is 38.3 Å². The van der Waals surface area contributed by atoms with Gasteiger partial charge in [0.2, 0.25) is 0 Å². The van der Waals surface area contributed by atoms with Gasteiger partial charge in [-0.25, -0.2) is 0 Å². The third kappa shape index (κ3) is 7.60. The van der Waals surface area contributed by atoms with Gasteiger partial charge in [-0.15, -0.1) is 0 Å². The first-order valence-corrected chi connectivity index (χ1v) is 22.5. The van der Waals surface area contributed by atoms with Crippen LogP contribution in [-0.4, -0.2) is 54.9 Å². The topological polar surface area (TPSA) is 55.4 Å². The van der Waals surface area contributed by atoms with E-state index in [9.17, 15) is 0 Å². The van der Waals surface area contributed by atoms with Gasteiger partial charge in [-0.05, 0) is 128 Å². The van der Waals surface area contributed by atoms with Crippen LogP contribution in [0, 0.1) is 13.8 Å². The van der Waals surface area contributed by atoms with E-state index in [1.807, 2.05) is 0 Å². The summed E-state index contributed by atoms with van der Waals surface area (Å²) in [6, 6.07) is 65.1. The van der Waals surface area contributed by atoms with Crippen molar-refractivity contribution in [1.29, 1.82) is 0 Å². The van der Waals surface area contributed by atoms with E-state index in [-0.39, 0.29) is 0 Å². The van der Waals surface area contributed by atoms with Gasteiger partial charge in [-0.2, -0.15) is 0 Å². The predicted molar refractivity (Wildman–Crippen MR) is 265 cm³/mol. The SMILES string of the molecule is COCCOc1ccc(C2(c3ccc(OCCOC)cc3)c3ccccc3-c3ccccc32)cc1.COc1ccc(C2(c3ccc(OC)c(C)c3)c3ccccc3-c3ccccc32)cc1C. The summed E-state index contributed by atoms with van der Waals surface area (Å²) in [5.41, 5.74) is 16.6. The Hall–Kier alpha value is -7.12. The number of ether oxygens (including phenoxy) is 6. The molecule has 0 aromatic heterocycles. The van der Waals surface area contributed by atoms with Crippen LogP contribution in [0.3, 0.4) is 0 Å². The smallest absolute Gasteiger partial charge is 0.121 e. The highest BCUT2D eigenvalue weighted by Gasteiger charge is 2.47. The quantitative estimate of drug-likeness (QED) is 0.101. The average Bonchev–Trinajstić information content (AvgIpc) is 3.84. The Bertz CT molecular complexity index is 2750. The van der Waals surface area contributed by atoms with Gasteiger partial charge in [0.25, 0.3) is 0 Å². The van der Waals surface area contributed by atoms with Crippen molar-refractivity contribution in [3.8, 4) is 45.3 Å². The largest absolute Gasteiger partial charge is 0.496 e. The molecular formula is C60H56O6. The molecule has 2 aliphatic rings. The van der Waals surface area contributed by atoms with Crippen LogP contribution in [0.4, 0.5) is 0 Å². The summed E-state index contributed by atoms with van der Waals surface area (Å²) in [6.45, 7) is 6.40. The molecule has 0 unspecified atom stereocenters. The van der Waals surface area contributed by atoms with E-state index < -0.39 is 10.8 Å². The van der Waals surface area contributed by atoms with Crippen molar-refractivity contribution in [3.63, 3.8) is 0 Å². The van der Waals surface area contributed by atoms with Gasteiger partial charge in [0.15, 0.2) is 0 Å². The number of fused-ring (bicyclic) bond motifs is 6. The van der Waals surface area contributed by atoms with Crippen LogP contribution in [0.1, 0.15) is 55.6 Å². The van der Waals surface area contributed by atoms with Crippen LogP contribution in [0.2, 0.25) is 0 Å². The second-order valence-corrected chi connectivity index (χ2v) is 16.8. The monoisotopic (exact) mass is 872 g/mol. The van der Waals surface area contributed by atoms with E-state index in [4.69, 9.17) is 28.4 Å². The van der Waals surface area contributed by atoms with Crippen molar-refractivity contribution in [3.05, 3.63) is 238 Å². The molecule has 0 aliphatic heterocycles. The molecule has 0 N–H and O–H groups in total. The van der Waals surface area contributed by atoms with Gasteiger partial charge >= 0.3 is 0 Å². The lowest BCUT2D eigenvalue weighted by molar-refractivity contribution is 0.146. The van der Waals surface area contributed by atoms with Crippen molar-refractivity contribution in [2.75, 3.05) is 54.9 Å². The minimum Gasteiger partial charge on any atom is -0.496 e. The van der Waals surface area contributed by atoms with E-state index in [1.54, 1.807) is 28.4 Å². The minimum absolute atomic E-state index is 0.402. The Morgan fingerprint density at radius 3 is 0.939 bits per heavy atom. The summed E-state index contributed by atoms with van der Waals surface area (Å²) in [7, 11) is 6.81. The number of benzene rings is 8. The Morgan fingerprint density at radius 2 is 0.636 bits per heavy atom. The van der Waals surface area contributed by atoms with Crippen LogP contribution in [0.5, 0.6) is 23.0 Å².